The first-order valence-electron chi connectivity index (χ1n) is 10.1. The molecular weight excluding hydrogens is 504 g/mol. The monoisotopic (exact) mass is 524 g/mol. The Morgan fingerprint density at radius 1 is 1.14 bits per heavy atom. The van der Waals surface area contributed by atoms with Crippen molar-refractivity contribution in [3.8, 4) is 0 Å². The number of imide groups is 1. The quantitative estimate of drug-likeness (QED) is 0.484. The van der Waals surface area contributed by atoms with E-state index in [2.05, 4.69) is 37.2 Å². The second-order valence-electron chi connectivity index (χ2n) is 8.41. The number of anilines is 1. The fourth-order valence-electron chi connectivity index (χ4n) is 5.50. The highest BCUT2D eigenvalue weighted by Gasteiger charge is 2.66. The number of amides is 3. The summed E-state index contributed by atoms with van der Waals surface area (Å²) in [7, 11) is 0. The molecule has 7 unspecified atom stereocenters. The van der Waals surface area contributed by atoms with Crippen molar-refractivity contribution in [2.45, 2.75) is 35.0 Å². The van der Waals surface area contributed by atoms with Crippen molar-refractivity contribution in [1.82, 2.24) is 5.32 Å². The van der Waals surface area contributed by atoms with Gasteiger partial charge in [0, 0.05) is 28.4 Å². The number of nitrogens with zero attached hydrogens (tertiary/aromatic N) is 1. The van der Waals surface area contributed by atoms with Crippen LogP contribution in [0.4, 0.5) is 5.69 Å². The topological polar surface area (TPSA) is 75.7 Å². The van der Waals surface area contributed by atoms with Crippen molar-refractivity contribution in [1.29, 1.82) is 0 Å². The lowest BCUT2D eigenvalue weighted by Gasteiger charge is -2.28. The van der Waals surface area contributed by atoms with Crippen molar-refractivity contribution in [2.75, 3.05) is 18.1 Å². The number of hydrogen-bond donors (Lipinski definition) is 1. The zero-order valence-corrected chi connectivity index (χ0v) is 18.9. The minimum Gasteiger partial charge on any atom is -0.376 e. The summed E-state index contributed by atoms with van der Waals surface area (Å²) in [5.41, 5.74) is 0.925. The molecule has 154 valence electrons. The molecule has 0 aromatic heterocycles. The minimum atomic E-state index is -0.261. The predicted octanol–water partition coefficient (Wildman–Crippen LogP) is 2.88. The lowest BCUT2D eigenvalue weighted by atomic mass is 9.81. The van der Waals surface area contributed by atoms with Gasteiger partial charge in [0.05, 0.1) is 23.6 Å². The van der Waals surface area contributed by atoms with Gasteiger partial charge < -0.3 is 10.1 Å². The van der Waals surface area contributed by atoms with Gasteiger partial charge >= 0.3 is 0 Å². The molecule has 5 rings (SSSR count). The average Bonchev–Trinajstić information content (AvgIpc) is 3.47. The van der Waals surface area contributed by atoms with Crippen LogP contribution in [-0.4, -0.2) is 46.6 Å². The van der Waals surface area contributed by atoms with Crippen molar-refractivity contribution >= 4 is 55.3 Å². The molecule has 4 aliphatic rings. The highest BCUT2D eigenvalue weighted by molar-refractivity contribution is 9.12. The van der Waals surface area contributed by atoms with Crippen molar-refractivity contribution in [3.05, 3.63) is 29.8 Å². The Hall–Kier alpha value is -1.25. The maximum atomic E-state index is 13.2. The summed E-state index contributed by atoms with van der Waals surface area (Å²) in [5.74, 6) is -0.655. The molecule has 2 heterocycles. The maximum absolute atomic E-state index is 13.2. The van der Waals surface area contributed by atoms with Gasteiger partial charge in [-0.25, -0.2) is 0 Å². The standard InChI is InChI=1S/C21H22Br2N2O4/c22-17-13-8-14(18(17)23)16-15(13)20(27)25(21(16)28)11-4-1-3-10(7-11)19(26)24-9-12-5-2-6-29-12/h1,3-4,7,12-18H,2,5-6,8-9H2,(H,24,26). The van der Waals surface area contributed by atoms with E-state index in [-0.39, 0.29) is 57.2 Å². The number of carbonyl (C=O) groups excluding carboxylic acids is 3. The lowest BCUT2D eigenvalue weighted by Crippen LogP contribution is -2.37. The van der Waals surface area contributed by atoms with Gasteiger partial charge in [-0.2, -0.15) is 0 Å². The second-order valence-corrected chi connectivity index (χ2v) is 10.5. The van der Waals surface area contributed by atoms with Gasteiger partial charge in [-0.05, 0) is 49.3 Å². The number of alkyl halides is 2. The van der Waals surface area contributed by atoms with Gasteiger partial charge in [0.1, 0.15) is 0 Å². The zero-order valence-electron chi connectivity index (χ0n) is 15.7. The SMILES string of the molecule is O=C(NCC1CCCO1)c1cccc(N2C(=O)C3C4CC(C(Br)C4Br)C3C2=O)c1. The molecule has 7 atom stereocenters. The van der Waals surface area contributed by atoms with Gasteiger partial charge in [-0.15, -0.1) is 0 Å². The molecule has 0 radical (unpaired) electrons. The summed E-state index contributed by atoms with van der Waals surface area (Å²) in [6, 6.07) is 6.79. The summed E-state index contributed by atoms with van der Waals surface area (Å²) in [6.07, 6.45) is 2.93. The first-order valence-corrected chi connectivity index (χ1v) is 12.0. The fraction of sp³-hybridized carbons (Fsp3) is 0.571. The normalized spacial score (nSPS) is 38.0. The number of hydrogen-bond acceptors (Lipinski definition) is 4. The van der Waals surface area contributed by atoms with Crippen LogP contribution in [0.3, 0.4) is 0 Å². The molecule has 1 aromatic rings. The van der Waals surface area contributed by atoms with Crippen LogP contribution in [0, 0.1) is 23.7 Å². The van der Waals surface area contributed by atoms with Crippen LogP contribution in [0.15, 0.2) is 24.3 Å². The molecule has 2 aliphatic carbocycles. The highest BCUT2D eigenvalue weighted by atomic mass is 79.9. The molecule has 6 nitrogen and oxygen atoms in total. The van der Waals surface area contributed by atoms with Crippen LogP contribution in [-0.2, 0) is 14.3 Å². The third-order valence-electron chi connectivity index (χ3n) is 6.87. The van der Waals surface area contributed by atoms with Crippen LogP contribution in [0.5, 0.6) is 0 Å². The summed E-state index contributed by atoms with van der Waals surface area (Å²) in [6.45, 7) is 1.21. The minimum absolute atomic E-state index is 0.0631. The number of benzene rings is 1. The lowest BCUT2D eigenvalue weighted by molar-refractivity contribution is -0.123. The Bertz CT molecular complexity index is 840. The summed E-state index contributed by atoms with van der Waals surface area (Å²) < 4.78 is 5.54. The Morgan fingerprint density at radius 3 is 2.45 bits per heavy atom. The Morgan fingerprint density at radius 2 is 1.83 bits per heavy atom. The van der Waals surface area contributed by atoms with Crippen LogP contribution < -0.4 is 10.2 Å². The zero-order chi connectivity index (χ0) is 20.3. The molecule has 0 spiro atoms. The highest BCUT2D eigenvalue weighted by Crippen LogP contribution is 2.60. The predicted molar refractivity (Wildman–Crippen MR) is 114 cm³/mol. The van der Waals surface area contributed by atoms with E-state index in [0.29, 0.717) is 17.8 Å². The first kappa shape index (κ1) is 19.7. The van der Waals surface area contributed by atoms with E-state index in [9.17, 15) is 14.4 Å². The van der Waals surface area contributed by atoms with Gasteiger partial charge in [0.2, 0.25) is 11.8 Å². The van der Waals surface area contributed by atoms with Crippen LogP contribution in [0.25, 0.3) is 0 Å². The Labute approximate surface area is 186 Å². The largest absolute Gasteiger partial charge is 0.376 e. The van der Waals surface area contributed by atoms with E-state index in [4.69, 9.17) is 4.74 Å². The van der Waals surface area contributed by atoms with E-state index in [1.807, 2.05) is 0 Å². The van der Waals surface area contributed by atoms with E-state index in [1.54, 1.807) is 24.3 Å². The molecule has 2 aliphatic heterocycles. The molecule has 8 heteroatoms. The third-order valence-corrected chi connectivity index (χ3v) is 10.1. The summed E-state index contributed by atoms with van der Waals surface area (Å²) in [4.78, 5) is 40.6. The van der Waals surface area contributed by atoms with Crippen LogP contribution in [0.1, 0.15) is 29.6 Å². The molecule has 29 heavy (non-hydrogen) atoms. The number of halogens is 2. The molecule has 1 aromatic carbocycles. The van der Waals surface area contributed by atoms with Gasteiger partial charge in [0.15, 0.2) is 0 Å². The molecule has 2 bridgehead atoms. The molecular formula is C21H22Br2N2O4. The first-order chi connectivity index (χ1) is 14.0. The summed E-state index contributed by atoms with van der Waals surface area (Å²) >= 11 is 7.41. The Balaban J connectivity index is 1.35. The van der Waals surface area contributed by atoms with Gasteiger partial charge in [0.25, 0.3) is 5.91 Å². The van der Waals surface area contributed by atoms with Crippen molar-refractivity contribution in [3.63, 3.8) is 0 Å². The van der Waals surface area contributed by atoms with Crippen molar-refractivity contribution < 1.29 is 19.1 Å². The van der Waals surface area contributed by atoms with E-state index < -0.39 is 0 Å². The molecule has 4 fully saturated rings. The molecule has 2 saturated carbocycles. The fourth-order valence-corrected chi connectivity index (χ4v) is 7.38. The van der Waals surface area contributed by atoms with Crippen LogP contribution in [0.2, 0.25) is 0 Å². The number of fused-ring (bicyclic) bond motifs is 5. The van der Waals surface area contributed by atoms with Crippen LogP contribution >= 0.6 is 31.9 Å². The van der Waals surface area contributed by atoms with E-state index in [0.717, 1.165) is 25.9 Å². The number of rotatable bonds is 4. The average molecular weight is 526 g/mol. The van der Waals surface area contributed by atoms with E-state index >= 15 is 0 Å². The van der Waals surface area contributed by atoms with E-state index in [1.165, 1.54) is 4.90 Å². The maximum Gasteiger partial charge on any atom is 0.251 e. The van der Waals surface area contributed by atoms with Gasteiger partial charge in [-0.3, -0.25) is 19.3 Å². The summed E-state index contributed by atoms with van der Waals surface area (Å²) in [5, 5.41) is 2.89. The molecule has 1 N–H and O–H groups in total. The second kappa shape index (κ2) is 7.46. The smallest absolute Gasteiger partial charge is 0.251 e. The Kier molecular flexibility index (Phi) is 5.07. The number of carbonyl (C=O) groups is 3. The molecule has 3 amide bonds. The third kappa shape index (κ3) is 3.10. The number of nitrogens with one attached hydrogen (secondary N) is 1. The van der Waals surface area contributed by atoms with Crippen molar-refractivity contribution in [2.24, 2.45) is 23.7 Å². The van der Waals surface area contributed by atoms with Gasteiger partial charge in [-0.1, -0.05) is 37.9 Å². The molecule has 2 saturated heterocycles. The number of ether oxygens (including phenoxy) is 1.